The molecule has 7 heteroatoms. The van der Waals surface area contributed by atoms with Crippen molar-refractivity contribution in [1.82, 2.24) is 4.90 Å². The average molecular weight is 556 g/mol. The Morgan fingerprint density at radius 2 is 1.62 bits per heavy atom. The third kappa shape index (κ3) is 5.77. The van der Waals surface area contributed by atoms with E-state index in [1.165, 1.54) is 17.0 Å². The second-order valence-corrected chi connectivity index (χ2v) is 10.1. The first-order valence-corrected chi connectivity index (χ1v) is 13.3. The van der Waals surface area contributed by atoms with Crippen molar-refractivity contribution < 1.29 is 23.8 Å². The summed E-state index contributed by atoms with van der Waals surface area (Å²) >= 11 is 6.11. The normalized spacial score (nSPS) is 16.4. The minimum absolute atomic E-state index is 0.00350. The van der Waals surface area contributed by atoms with Crippen molar-refractivity contribution in [2.24, 2.45) is 0 Å². The summed E-state index contributed by atoms with van der Waals surface area (Å²) in [5.41, 5.74) is 3.67. The Morgan fingerprint density at radius 1 is 0.925 bits per heavy atom. The molecule has 0 spiro atoms. The van der Waals surface area contributed by atoms with E-state index in [9.17, 15) is 19.1 Å². The summed E-state index contributed by atoms with van der Waals surface area (Å²) in [4.78, 5) is 28.0. The molecule has 0 bridgehead atoms. The molecule has 1 aliphatic heterocycles. The van der Waals surface area contributed by atoms with Crippen LogP contribution in [0.4, 0.5) is 4.39 Å². The van der Waals surface area contributed by atoms with Crippen LogP contribution in [-0.2, 0) is 22.6 Å². The van der Waals surface area contributed by atoms with Crippen LogP contribution in [0, 0.1) is 12.7 Å². The number of aliphatic hydroxyl groups excluding tert-OH is 1. The SMILES string of the molecule is Cc1cc(/C(O)=C2/C(=O)C(=O)N(CCc3ccc(F)cc3)C2c2ccc(Cl)cc2)ccc1OCc1ccccc1. The van der Waals surface area contributed by atoms with E-state index >= 15 is 0 Å². The number of nitrogens with zero attached hydrogens (tertiary/aromatic N) is 1. The fraction of sp³-hybridized carbons (Fsp3) is 0.152. The molecule has 0 aromatic heterocycles. The molecule has 202 valence electrons. The maximum absolute atomic E-state index is 13.4. The van der Waals surface area contributed by atoms with E-state index in [0.29, 0.717) is 34.9 Å². The van der Waals surface area contributed by atoms with Crippen LogP contribution in [0.25, 0.3) is 5.76 Å². The second-order valence-electron chi connectivity index (χ2n) is 9.68. The zero-order valence-electron chi connectivity index (χ0n) is 21.8. The molecule has 5 nitrogen and oxygen atoms in total. The van der Waals surface area contributed by atoms with Gasteiger partial charge in [0.1, 0.15) is 23.9 Å². The van der Waals surface area contributed by atoms with Crippen molar-refractivity contribution in [3.63, 3.8) is 0 Å². The fourth-order valence-corrected chi connectivity index (χ4v) is 4.98. The lowest BCUT2D eigenvalue weighted by Gasteiger charge is -2.25. The Kier molecular flexibility index (Phi) is 7.99. The highest BCUT2D eigenvalue weighted by Gasteiger charge is 2.45. The van der Waals surface area contributed by atoms with Crippen molar-refractivity contribution in [2.45, 2.75) is 26.0 Å². The summed E-state index contributed by atoms with van der Waals surface area (Å²) in [5.74, 6) is -1.44. The van der Waals surface area contributed by atoms with Crippen molar-refractivity contribution in [3.8, 4) is 5.75 Å². The first kappa shape index (κ1) is 27.2. The topological polar surface area (TPSA) is 66.8 Å². The smallest absolute Gasteiger partial charge is 0.295 e. The summed E-state index contributed by atoms with van der Waals surface area (Å²) in [7, 11) is 0. The predicted molar refractivity (Wildman–Crippen MR) is 153 cm³/mol. The molecule has 5 rings (SSSR count). The number of ketones is 1. The average Bonchev–Trinajstić information content (AvgIpc) is 3.22. The largest absolute Gasteiger partial charge is 0.507 e. The number of benzene rings is 4. The third-order valence-electron chi connectivity index (χ3n) is 6.97. The van der Waals surface area contributed by atoms with Crippen LogP contribution in [-0.4, -0.2) is 28.2 Å². The van der Waals surface area contributed by atoms with Gasteiger partial charge >= 0.3 is 0 Å². The number of amides is 1. The van der Waals surface area contributed by atoms with E-state index < -0.39 is 17.7 Å². The third-order valence-corrected chi connectivity index (χ3v) is 7.22. The minimum Gasteiger partial charge on any atom is -0.507 e. The quantitative estimate of drug-likeness (QED) is 0.144. The number of halogens is 2. The molecule has 0 aliphatic carbocycles. The number of aryl methyl sites for hydroxylation is 1. The van der Waals surface area contributed by atoms with Gasteiger partial charge < -0.3 is 14.7 Å². The van der Waals surface area contributed by atoms with Gasteiger partial charge in [0.25, 0.3) is 11.7 Å². The van der Waals surface area contributed by atoms with Crippen LogP contribution in [0.5, 0.6) is 5.75 Å². The van der Waals surface area contributed by atoms with Gasteiger partial charge in [-0.15, -0.1) is 0 Å². The highest BCUT2D eigenvalue weighted by Crippen LogP contribution is 2.40. The lowest BCUT2D eigenvalue weighted by atomic mass is 9.94. The molecular formula is C33H27ClFNO4. The van der Waals surface area contributed by atoms with Crippen molar-refractivity contribution >= 4 is 29.1 Å². The van der Waals surface area contributed by atoms with Gasteiger partial charge in [-0.25, -0.2) is 4.39 Å². The summed E-state index contributed by atoms with van der Waals surface area (Å²) in [6.45, 7) is 2.45. The molecule has 1 amide bonds. The lowest BCUT2D eigenvalue weighted by Crippen LogP contribution is -2.31. The maximum Gasteiger partial charge on any atom is 0.295 e. The molecule has 1 heterocycles. The molecule has 1 atom stereocenters. The lowest BCUT2D eigenvalue weighted by molar-refractivity contribution is -0.139. The van der Waals surface area contributed by atoms with Crippen LogP contribution >= 0.6 is 11.6 Å². The number of hydrogen-bond donors (Lipinski definition) is 1. The van der Waals surface area contributed by atoms with Gasteiger partial charge in [-0.1, -0.05) is 66.2 Å². The molecule has 1 aliphatic rings. The number of hydrogen-bond acceptors (Lipinski definition) is 4. The highest BCUT2D eigenvalue weighted by atomic mass is 35.5. The Labute approximate surface area is 237 Å². The zero-order chi connectivity index (χ0) is 28.2. The molecule has 0 saturated carbocycles. The highest BCUT2D eigenvalue weighted by molar-refractivity contribution is 6.46. The maximum atomic E-state index is 13.4. The molecule has 0 radical (unpaired) electrons. The molecule has 4 aromatic rings. The van der Waals surface area contributed by atoms with Gasteiger partial charge in [-0.3, -0.25) is 9.59 Å². The summed E-state index contributed by atoms with van der Waals surface area (Å²) in [6.07, 6.45) is 0.407. The zero-order valence-corrected chi connectivity index (χ0v) is 22.6. The van der Waals surface area contributed by atoms with E-state index in [0.717, 1.165) is 16.7 Å². The van der Waals surface area contributed by atoms with Crippen molar-refractivity contribution in [2.75, 3.05) is 6.54 Å². The molecule has 1 N–H and O–H groups in total. The first-order chi connectivity index (χ1) is 19.3. The van der Waals surface area contributed by atoms with Crippen LogP contribution in [0.1, 0.15) is 33.9 Å². The number of ether oxygens (including phenoxy) is 1. The molecule has 1 unspecified atom stereocenters. The summed E-state index contributed by atoms with van der Waals surface area (Å²) < 4.78 is 19.3. The van der Waals surface area contributed by atoms with E-state index in [1.54, 1.807) is 54.6 Å². The van der Waals surface area contributed by atoms with E-state index in [4.69, 9.17) is 16.3 Å². The number of likely N-dealkylation sites (tertiary alicyclic amines) is 1. The predicted octanol–water partition coefficient (Wildman–Crippen LogP) is 7.03. The first-order valence-electron chi connectivity index (χ1n) is 12.9. The van der Waals surface area contributed by atoms with Crippen LogP contribution in [0.15, 0.2) is 103 Å². The van der Waals surface area contributed by atoms with E-state index in [1.807, 2.05) is 37.3 Å². The minimum atomic E-state index is -0.813. The van der Waals surface area contributed by atoms with Gasteiger partial charge in [0.05, 0.1) is 11.6 Å². The van der Waals surface area contributed by atoms with E-state index in [2.05, 4.69) is 0 Å². The van der Waals surface area contributed by atoms with Crippen molar-refractivity contribution in [3.05, 3.63) is 141 Å². The molecule has 1 saturated heterocycles. The Bertz CT molecular complexity index is 1570. The number of carbonyl (C=O) groups is 2. The van der Waals surface area contributed by atoms with Gasteiger partial charge in [0.2, 0.25) is 0 Å². The van der Waals surface area contributed by atoms with Gasteiger partial charge in [-0.05, 0) is 78.1 Å². The van der Waals surface area contributed by atoms with Crippen LogP contribution in [0.2, 0.25) is 5.02 Å². The van der Waals surface area contributed by atoms with Gasteiger partial charge in [0.15, 0.2) is 0 Å². The molecular weight excluding hydrogens is 529 g/mol. The Balaban J connectivity index is 1.47. The molecule has 1 fully saturated rings. The van der Waals surface area contributed by atoms with Crippen LogP contribution in [0.3, 0.4) is 0 Å². The standard InChI is InChI=1S/C33H27ClFNO4/c1-21-19-25(11-16-28(21)40-20-23-5-3-2-4-6-23)31(37)29-30(24-9-12-26(34)13-10-24)36(33(39)32(29)38)18-17-22-7-14-27(35)15-8-22/h2-16,19,30,37H,17-18,20H2,1H3/b31-29-. The van der Waals surface area contributed by atoms with E-state index in [-0.39, 0.29) is 23.7 Å². The monoisotopic (exact) mass is 555 g/mol. The fourth-order valence-electron chi connectivity index (χ4n) is 4.85. The number of carbonyl (C=O) groups excluding carboxylic acids is 2. The van der Waals surface area contributed by atoms with Crippen molar-refractivity contribution in [1.29, 1.82) is 0 Å². The molecule has 40 heavy (non-hydrogen) atoms. The molecule has 4 aromatic carbocycles. The van der Waals surface area contributed by atoms with Gasteiger partial charge in [0, 0.05) is 17.1 Å². The number of Topliss-reactive ketones (excluding diaryl/α,β-unsaturated/α-hetero) is 1. The second kappa shape index (κ2) is 11.8. The van der Waals surface area contributed by atoms with Crippen LogP contribution < -0.4 is 4.74 Å². The summed E-state index contributed by atoms with van der Waals surface area (Å²) in [5, 5.41) is 11.9. The Hall–Kier alpha value is -4.42. The number of rotatable bonds is 8. The summed E-state index contributed by atoms with van der Waals surface area (Å²) in [6, 6.07) is 27.0. The number of aliphatic hydroxyl groups is 1. The van der Waals surface area contributed by atoms with Gasteiger partial charge in [-0.2, -0.15) is 0 Å². The Morgan fingerprint density at radius 3 is 2.30 bits per heavy atom.